The summed E-state index contributed by atoms with van der Waals surface area (Å²) < 4.78 is 16.3. The van der Waals surface area contributed by atoms with Gasteiger partial charge < -0.3 is 29.7 Å². The second-order valence-corrected chi connectivity index (χ2v) is 9.70. The standard InChI is InChI=1S/C19H17BrClN3O6S/c20-14-3-4-16(31-14)30-18(27)23-19(9-29-10-19)17(26)22-11-1-2-13(12(21)7-11)24-5-6-28-8-15(24)25/h1-4,7H,5-6,8-10H2,(H,22,26)(H,23,27). The second-order valence-electron chi connectivity index (χ2n) is 6.87. The fourth-order valence-electron chi connectivity index (χ4n) is 3.06. The van der Waals surface area contributed by atoms with E-state index in [-0.39, 0.29) is 25.7 Å². The zero-order chi connectivity index (χ0) is 22.0. The Morgan fingerprint density at radius 3 is 2.65 bits per heavy atom. The summed E-state index contributed by atoms with van der Waals surface area (Å²) in [5.41, 5.74) is -0.293. The van der Waals surface area contributed by atoms with Gasteiger partial charge in [0.25, 0.3) is 11.8 Å². The summed E-state index contributed by atoms with van der Waals surface area (Å²) >= 11 is 10.9. The normalized spacial score (nSPS) is 17.6. The van der Waals surface area contributed by atoms with Gasteiger partial charge in [0.05, 0.1) is 34.3 Å². The molecule has 0 bridgehead atoms. The first kappa shape index (κ1) is 22.0. The van der Waals surface area contributed by atoms with Crippen molar-refractivity contribution in [2.45, 2.75) is 5.54 Å². The maximum absolute atomic E-state index is 12.9. The van der Waals surface area contributed by atoms with Gasteiger partial charge in [0.2, 0.25) is 0 Å². The van der Waals surface area contributed by atoms with Gasteiger partial charge >= 0.3 is 6.09 Å². The maximum Gasteiger partial charge on any atom is 0.414 e. The maximum atomic E-state index is 12.9. The summed E-state index contributed by atoms with van der Waals surface area (Å²) in [6.45, 7) is 0.846. The molecule has 0 saturated carbocycles. The van der Waals surface area contributed by atoms with E-state index in [1.54, 1.807) is 35.2 Å². The van der Waals surface area contributed by atoms with Gasteiger partial charge in [-0.25, -0.2) is 4.79 Å². The Hall–Kier alpha value is -2.18. The number of carbonyl (C=O) groups excluding carboxylic acids is 3. The topological polar surface area (TPSA) is 106 Å². The fourth-order valence-corrected chi connectivity index (χ4v) is 4.53. The third-order valence-electron chi connectivity index (χ3n) is 4.70. The molecule has 2 fully saturated rings. The molecule has 1 aromatic heterocycles. The molecular formula is C19H17BrClN3O6S. The Kier molecular flexibility index (Phi) is 6.49. The van der Waals surface area contributed by atoms with Crippen LogP contribution in [0.25, 0.3) is 0 Å². The van der Waals surface area contributed by atoms with Gasteiger partial charge in [0.15, 0.2) is 10.6 Å². The lowest BCUT2D eigenvalue weighted by Crippen LogP contribution is -2.69. The summed E-state index contributed by atoms with van der Waals surface area (Å²) in [6.07, 6.45) is -0.757. The number of morpholine rings is 1. The van der Waals surface area contributed by atoms with Crippen LogP contribution in [0.4, 0.5) is 16.2 Å². The zero-order valence-electron chi connectivity index (χ0n) is 16.0. The average Bonchev–Trinajstić information content (AvgIpc) is 3.10. The van der Waals surface area contributed by atoms with E-state index in [0.717, 1.165) is 3.79 Å². The van der Waals surface area contributed by atoms with Crippen molar-refractivity contribution in [1.29, 1.82) is 0 Å². The molecule has 0 aliphatic carbocycles. The van der Waals surface area contributed by atoms with Gasteiger partial charge in [-0.1, -0.05) is 22.9 Å². The SMILES string of the molecule is O=C(NC1(C(=O)Nc2ccc(N3CCOCC3=O)c(Cl)c2)COC1)Oc1ccc(Br)s1. The minimum atomic E-state index is -1.25. The lowest BCUT2D eigenvalue weighted by molar-refractivity contribution is -0.141. The summed E-state index contributed by atoms with van der Waals surface area (Å²) in [4.78, 5) is 38.7. The molecule has 4 rings (SSSR count). The lowest BCUT2D eigenvalue weighted by Gasteiger charge is -2.39. The highest BCUT2D eigenvalue weighted by Crippen LogP contribution is 2.31. The van der Waals surface area contributed by atoms with Gasteiger partial charge in [-0.2, -0.15) is 0 Å². The Morgan fingerprint density at radius 2 is 2.03 bits per heavy atom. The van der Waals surface area contributed by atoms with Crippen molar-refractivity contribution >= 4 is 68.2 Å². The first-order chi connectivity index (χ1) is 14.9. The van der Waals surface area contributed by atoms with Crippen LogP contribution in [0.3, 0.4) is 0 Å². The van der Waals surface area contributed by atoms with Crippen molar-refractivity contribution < 1.29 is 28.6 Å². The molecule has 2 N–H and O–H groups in total. The first-order valence-corrected chi connectivity index (χ1v) is 11.2. The van der Waals surface area contributed by atoms with Gasteiger partial charge in [-0.05, 0) is 46.3 Å². The molecule has 164 valence electrons. The molecule has 1 aromatic carbocycles. The quantitative estimate of drug-likeness (QED) is 0.616. The van der Waals surface area contributed by atoms with Crippen molar-refractivity contribution in [1.82, 2.24) is 5.32 Å². The van der Waals surface area contributed by atoms with Crippen LogP contribution in [0.15, 0.2) is 34.1 Å². The molecule has 2 aliphatic heterocycles. The first-order valence-electron chi connectivity index (χ1n) is 9.18. The lowest BCUT2D eigenvalue weighted by atomic mass is 9.96. The van der Waals surface area contributed by atoms with Crippen LogP contribution < -0.4 is 20.3 Å². The summed E-state index contributed by atoms with van der Waals surface area (Å²) in [5, 5.41) is 6.02. The minimum absolute atomic E-state index is 0.00152. The van der Waals surface area contributed by atoms with E-state index in [4.69, 9.17) is 25.8 Å². The smallest absolute Gasteiger partial charge is 0.399 e. The van der Waals surface area contributed by atoms with Crippen LogP contribution in [0.5, 0.6) is 5.06 Å². The molecule has 2 aliphatic rings. The van der Waals surface area contributed by atoms with E-state index in [9.17, 15) is 14.4 Å². The number of thiophene rings is 1. The second kappa shape index (κ2) is 9.13. The molecular weight excluding hydrogens is 514 g/mol. The van der Waals surface area contributed by atoms with Crippen molar-refractivity contribution in [3.05, 3.63) is 39.1 Å². The van der Waals surface area contributed by atoms with Crippen molar-refractivity contribution in [3.8, 4) is 5.06 Å². The predicted molar refractivity (Wildman–Crippen MR) is 118 cm³/mol. The molecule has 12 heteroatoms. The number of nitrogens with zero attached hydrogens (tertiary/aromatic N) is 1. The van der Waals surface area contributed by atoms with Crippen molar-refractivity contribution in [2.24, 2.45) is 0 Å². The average molecular weight is 531 g/mol. The molecule has 0 radical (unpaired) electrons. The van der Waals surface area contributed by atoms with Gasteiger partial charge in [0, 0.05) is 12.2 Å². The van der Waals surface area contributed by atoms with Crippen LogP contribution in [0.2, 0.25) is 5.02 Å². The summed E-state index contributed by atoms with van der Waals surface area (Å²) in [7, 11) is 0. The Labute approximate surface area is 194 Å². The van der Waals surface area contributed by atoms with Crippen LogP contribution in [0, 0.1) is 0 Å². The highest BCUT2D eigenvalue weighted by Gasteiger charge is 2.48. The number of rotatable bonds is 5. The molecule has 9 nitrogen and oxygen atoms in total. The molecule has 0 unspecified atom stereocenters. The van der Waals surface area contributed by atoms with Gasteiger partial charge in [-0.3, -0.25) is 9.59 Å². The number of hydrogen-bond acceptors (Lipinski definition) is 7. The molecule has 31 heavy (non-hydrogen) atoms. The highest BCUT2D eigenvalue weighted by atomic mass is 79.9. The molecule has 3 heterocycles. The zero-order valence-corrected chi connectivity index (χ0v) is 19.1. The number of anilines is 2. The Morgan fingerprint density at radius 1 is 1.23 bits per heavy atom. The van der Waals surface area contributed by atoms with E-state index < -0.39 is 17.5 Å². The third-order valence-corrected chi connectivity index (χ3v) is 6.50. The number of halogens is 2. The largest absolute Gasteiger partial charge is 0.414 e. The van der Waals surface area contributed by atoms with E-state index in [1.807, 2.05) is 0 Å². The number of hydrogen-bond donors (Lipinski definition) is 2. The summed E-state index contributed by atoms with van der Waals surface area (Å²) in [5.74, 6) is -0.648. The van der Waals surface area contributed by atoms with E-state index in [1.165, 1.54) is 11.3 Å². The van der Waals surface area contributed by atoms with Gasteiger partial charge in [-0.15, -0.1) is 0 Å². The number of carbonyl (C=O) groups is 3. The van der Waals surface area contributed by atoms with Crippen LogP contribution >= 0.6 is 38.9 Å². The number of ether oxygens (including phenoxy) is 3. The minimum Gasteiger partial charge on any atom is -0.399 e. The molecule has 3 amide bonds. The highest BCUT2D eigenvalue weighted by molar-refractivity contribution is 9.11. The number of amides is 3. The Bertz CT molecular complexity index is 1030. The van der Waals surface area contributed by atoms with E-state index in [2.05, 4.69) is 26.6 Å². The molecule has 0 spiro atoms. The van der Waals surface area contributed by atoms with Gasteiger partial charge in [0.1, 0.15) is 6.61 Å². The van der Waals surface area contributed by atoms with E-state index >= 15 is 0 Å². The molecule has 2 saturated heterocycles. The van der Waals surface area contributed by atoms with Crippen molar-refractivity contribution in [2.75, 3.05) is 43.2 Å². The molecule has 0 atom stereocenters. The van der Waals surface area contributed by atoms with Crippen LogP contribution in [-0.4, -0.2) is 56.4 Å². The molecule has 2 aromatic rings. The third kappa shape index (κ3) is 4.85. The van der Waals surface area contributed by atoms with E-state index in [0.29, 0.717) is 34.6 Å². The van der Waals surface area contributed by atoms with Crippen molar-refractivity contribution in [3.63, 3.8) is 0 Å². The number of nitrogens with one attached hydrogen (secondary N) is 2. The van der Waals surface area contributed by atoms with Crippen LogP contribution in [0.1, 0.15) is 0 Å². The predicted octanol–water partition coefficient (Wildman–Crippen LogP) is 3.02. The fraction of sp³-hybridized carbons (Fsp3) is 0.316. The summed E-state index contributed by atoms with van der Waals surface area (Å²) in [6, 6.07) is 8.23. The number of benzene rings is 1. The van der Waals surface area contributed by atoms with Crippen LogP contribution in [-0.2, 0) is 19.1 Å². The Balaban J connectivity index is 1.42. The monoisotopic (exact) mass is 529 g/mol.